The van der Waals surface area contributed by atoms with Crippen LogP contribution in [0.1, 0.15) is 38.5 Å². The predicted molar refractivity (Wildman–Crippen MR) is 61.8 cm³/mol. The van der Waals surface area contributed by atoms with Crippen molar-refractivity contribution >= 4 is 5.91 Å². The number of aliphatic hydroxyl groups is 1. The Labute approximate surface area is 96.8 Å². The van der Waals surface area contributed by atoms with Gasteiger partial charge in [0.1, 0.15) is 0 Å². The minimum Gasteiger partial charge on any atom is -0.391 e. The molecule has 4 heteroatoms. The molecule has 0 bridgehead atoms. The number of nitrogens with zero attached hydrogens (tertiary/aromatic N) is 1. The van der Waals surface area contributed by atoms with Crippen molar-refractivity contribution in [2.75, 3.05) is 13.1 Å². The van der Waals surface area contributed by atoms with Crippen molar-refractivity contribution in [3.05, 3.63) is 0 Å². The number of carbonyl (C=O) groups is 1. The maximum absolute atomic E-state index is 12.2. The third kappa shape index (κ3) is 2.55. The normalized spacial score (nSPS) is 36.1. The molecule has 0 aromatic rings. The van der Waals surface area contributed by atoms with Gasteiger partial charge in [-0.2, -0.15) is 0 Å². The first kappa shape index (κ1) is 11.9. The Morgan fingerprint density at radius 1 is 1.19 bits per heavy atom. The summed E-state index contributed by atoms with van der Waals surface area (Å²) in [7, 11) is 0. The van der Waals surface area contributed by atoms with E-state index in [1.807, 2.05) is 0 Å². The number of hydrogen-bond acceptors (Lipinski definition) is 3. The van der Waals surface area contributed by atoms with Crippen LogP contribution in [-0.2, 0) is 4.79 Å². The molecule has 16 heavy (non-hydrogen) atoms. The number of amides is 1. The van der Waals surface area contributed by atoms with Gasteiger partial charge >= 0.3 is 0 Å². The molecule has 2 rings (SSSR count). The second-order valence-electron chi connectivity index (χ2n) is 5.14. The average Bonchev–Trinajstić information content (AvgIpc) is 2.57. The van der Waals surface area contributed by atoms with Crippen LogP contribution in [0.15, 0.2) is 0 Å². The van der Waals surface area contributed by atoms with Crippen LogP contribution in [0, 0.1) is 5.92 Å². The second kappa shape index (κ2) is 5.15. The Balaban J connectivity index is 1.96. The maximum atomic E-state index is 12.2. The van der Waals surface area contributed by atoms with Crippen LogP contribution >= 0.6 is 0 Å². The lowest BCUT2D eigenvalue weighted by atomic mass is 9.94. The molecule has 2 fully saturated rings. The summed E-state index contributed by atoms with van der Waals surface area (Å²) in [6.07, 6.45) is 5.73. The fourth-order valence-electron chi connectivity index (χ4n) is 2.82. The molecule has 1 aliphatic heterocycles. The Bertz CT molecular complexity index is 257. The van der Waals surface area contributed by atoms with Crippen LogP contribution in [0.4, 0.5) is 0 Å². The van der Waals surface area contributed by atoms with Crippen LogP contribution in [0.2, 0.25) is 0 Å². The van der Waals surface area contributed by atoms with Gasteiger partial charge in [0.15, 0.2) is 0 Å². The maximum Gasteiger partial charge on any atom is 0.227 e. The molecule has 2 aliphatic rings. The van der Waals surface area contributed by atoms with Crippen LogP contribution in [0.3, 0.4) is 0 Å². The minimum atomic E-state index is -0.328. The predicted octanol–water partition coefficient (Wildman–Crippen LogP) is 0.487. The molecule has 1 aliphatic carbocycles. The van der Waals surface area contributed by atoms with Gasteiger partial charge in [-0.15, -0.1) is 0 Å². The number of rotatable bonds is 1. The van der Waals surface area contributed by atoms with Gasteiger partial charge in [0.2, 0.25) is 5.91 Å². The topological polar surface area (TPSA) is 66.6 Å². The van der Waals surface area contributed by atoms with Gasteiger partial charge in [-0.25, -0.2) is 0 Å². The van der Waals surface area contributed by atoms with E-state index in [2.05, 4.69) is 0 Å². The summed E-state index contributed by atoms with van der Waals surface area (Å²) >= 11 is 0. The van der Waals surface area contributed by atoms with Crippen molar-refractivity contribution in [3.8, 4) is 0 Å². The Hall–Kier alpha value is -0.610. The van der Waals surface area contributed by atoms with Crippen molar-refractivity contribution < 1.29 is 9.90 Å². The zero-order valence-corrected chi connectivity index (χ0v) is 9.77. The first-order chi connectivity index (χ1) is 7.68. The van der Waals surface area contributed by atoms with E-state index in [-0.39, 0.29) is 24.0 Å². The summed E-state index contributed by atoms with van der Waals surface area (Å²) in [4.78, 5) is 14.0. The third-order valence-electron chi connectivity index (χ3n) is 3.86. The highest BCUT2D eigenvalue weighted by Crippen LogP contribution is 2.25. The molecular formula is C12H22N2O2. The van der Waals surface area contributed by atoms with Gasteiger partial charge in [-0.1, -0.05) is 19.3 Å². The van der Waals surface area contributed by atoms with E-state index in [1.165, 1.54) is 6.42 Å². The average molecular weight is 226 g/mol. The van der Waals surface area contributed by atoms with E-state index in [0.717, 1.165) is 25.7 Å². The lowest BCUT2D eigenvalue weighted by Gasteiger charge is -2.26. The van der Waals surface area contributed by atoms with Crippen molar-refractivity contribution in [2.24, 2.45) is 11.7 Å². The number of hydrogen-bond donors (Lipinski definition) is 2. The summed E-state index contributed by atoms with van der Waals surface area (Å²) in [5.41, 5.74) is 6.07. The van der Waals surface area contributed by atoms with E-state index in [1.54, 1.807) is 4.90 Å². The van der Waals surface area contributed by atoms with Crippen molar-refractivity contribution in [1.82, 2.24) is 4.90 Å². The summed E-state index contributed by atoms with van der Waals surface area (Å²) < 4.78 is 0. The molecule has 1 heterocycles. The lowest BCUT2D eigenvalue weighted by Crippen LogP contribution is -2.43. The Morgan fingerprint density at radius 2 is 1.94 bits per heavy atom. The molecule has 1 amide bonds. The highest BCUT2D eigenvalue weighted by molar-refractivity contribution is 5.80. The monoisotopic (exact) mass is 226 g/mol. The van der Waals surface area contributed by atoms with Crippen LogP contribution < -0.4 is 5.73 Å². The van der Waals surface area contributed by atoms with E-state index in [4.69, 9.17) is 5.73 Å². The largest absolute Gasteiger partial charge is 0.391 e. The van der Waals surface area contributed by atoms with Crippen molar-refractivity contribution in [3.63, 3.8) is 0 Å². The van der Waals surface area contributed by atoms with Crippen LogP contribution in [-0.4, -0.2) is 41.1 Å². The Kier molecular flexibility index (Phi) is 3.82. The molecule has 92 valence electrons. The van der Waals surface area contributed by atoms with Gasteiger partial charge in [0.05, 0.1) is 12.0 Å². The number of nitrogens with two attached hydrogens (primary N) is 1. The summed E-state index contributed by atoms with van der Waals surface area (Å²) in [5, 5.41) is 9.44. The fourth-order valence-corrected chi connectivity index (χ4v) is 2.82. The van der Waals surface area contributed by atoms with Gasteiger partial charge in [-0.3, -0.25) is 4.79 Å². The molecule has 0 aromatic carbocycles. The van der Waals surface area contributed by atoms with E-state index < -0.39 is 0 Å². The first-order valence-corrected chi connectivity index (χ1v) is 6.41. The summed E-state index contributed by atoms with van der Waals surface area (Å²) in [6, 6.07) is 0.0211. The molecule has 1 saturated heterocycles. The fraction of sp³-hybridized carbons (Fsp3) is 0.917. The number of likely N-dealkylation sites (tertiary alicyclic amines) is 1. The standard InChI is InChI=1S/C12H22N2O2/c13-11-5-3-1-2-4-10(11)12(16)14-7-6-9(15)8-14/h9-11,15H,1-8,13H2/t9-,10?,11?/m1/s1. The zero-order valence-electron chi connectivity index (χ0n) is 9.77. The third-order valence-corrected chi connectivity index (χ3v) is 3.86. The minimum absolute atomic E-state index is 0.00667. The molecule has 1 saturated carbocycles. The van der Waals surface area contributed by atoms with E-state index >= 15 is 0 Å². The molecule has 0 radical (unpaired) electrons. The van der Waals surface area contributed by atoms with Crippen molar-refractivity contribution in [2.45, 2.75) is 50.7 Å². The molecule has 4 nitrogen and oxygen atoms in total. The van der Waals surface area contributed by atoms with Crippen LogP contribution in [0.5, 0.6) is 0 Å². The number of β-amino-alcohol motifs (C(OH)–C–C–N with tert-alkyl or cyclic N) is 1. The highest BCUT2D eigenvalue weighted by Gasteiger charge is 2.33. The highest BCUT2D eigenvalue weighted by atomic mass is 16.3. The van der Waals surface area contributed by atoms with Gasteiger partial charge in [0.25, 0.3) is 0 Å². The van der Waals surface area contributed by atoms with Gasteiger partial charge in [0, 0.05) is 19.1 Å². The smallest absolute Gasteiger partial charge is 0.227 e. The SMILES string of the molecule is NC1CCCCCC1C(=O)N1CC[C@@H](O)C1. The van der Waals surface area contributed by atoms with Crippen LogP contribution in [0.25, 0.3) is 0 Å². The summed E-state index contributed by atoms with van der Waals surface area (Å²) in [6.45, 7) is 1.20. The number of carbonyl (C=O) groups excluding carboxylic acids is 1. The molecule has 0 aromatic heterocycles. The summed E-state index contributed by atoms with van der Waals surface area (Å²) in [5.74, 6) is 0.166. The Morgan fingerprint density at radius 3 is 2.62 bits per heavy atom. The quantitative estimate of drug-likeness (QED) is 0.639. The zero-order chi connectivity index (χ0) is 11.5. The van der Waals surface area contributed by atoms with Gasteiger partial charge < -0.3 is 15.7 Å². The molecule has 2 unspecified atom stereocenters. The van der Waals surface area contributed by atoms with E-state index in [9.17, 15) is 9.90 Å². The number of aliphatic hydroxyl groups excluding tert-OH is 1. The molecule has 0 spiro atoms. The second-order valence-corrected chi connectivity index (χ2v) is 5.14. The molecule has 3 N–H and O–H groups in total. The molecular weight excluding hydrogens is 204 g/mol. The van der Waals surface area contributed by atoms with E-state index in [0.29, 0.717) is 19.5 Å². The lowest BCUT2D eigenvalue weighted by molar-refractivity contribution is -0.135. The molecule has 3 atom stereocenters. The first-order valence-electron chi connectivity index (χ1n) is 6.41. The van der Waals surface area contributed by atoms with Crippen molar-refractivity contribution in [1.29, 1.82) is 0 Å². The van der Waals surface area contributed by atoms with Gasteiger partial charge in [-0.05, 0) is 19.3 Å².